The van der Waals surface area contributed by atoms with Crippen molar-refractivity contribution in [2.24, 2.45) is 0 Å². The van der Waals surface area contributed by atoms with E-state index in [1.165, 1.54) is 6.33 Å². The first kappa shape index (κ1) is 15.8. The minimum absolute atomic E-state index is 0.0685. The number of morpholine rings is 1. The van der Waals surface area contributed by atoms with Crippen LogP contribution in [-0.4, -0.2) is 70.5 Å². The average molecular weight is 344 g/mol. The lowest BCUT2D eigenvalue weighted by Crippen LogP contribution is -2.49. The third-order valence-corrected chi connectivity index (χ3v) is 4.56. The molecule has 2 aromatic rings. The highest BCUT2D eigenvalue weighted by molar-refractivity contribution is 5.81. The topological polar surface area (TPSA) is 85.6 Å². The van der Waals surface area contributed by atoms with E-state index in [-0.39, 0.29) is 11.9 Å². The van der Waals surface area contributed by atoms with Crippen molar-refractivity contribution in [2.75, 3.05) is 44.9 Å². The molecule has 0 aromatic carbocycles. The summed E-state index contributed by atoms with van der Waals surface area (Å²) < 4.78 is 12.4. The lowest BCUT2D eigenvalue weighted by atomic mass is 10.1. The Labute approximate surface area is 145 Å². The lowest BCUT2D eigenvalue weighted by molar-refractivity contribution is -0.139. The molecule has 9 nitrogen and oxygen atoms in total. The van der Waals surface area contributed by atoms with Crippen molar-refractivity contribution in [1.82, 2.24) is 24.6 Å². The maximum Gasteiger partial charge on any atom is 0.249 e. The van der Waals surface area contributed by atoms with Gasteiger partial charge in [0.1, 0.15) is 18.2 Å². The first-order valence-corrected chi connectivity index (χ1v) is 8.26. The number of hydrogen-bond acceptors (Lipinski definition) is 7. The molecular weight excluding hydrogens is 324 g/mol. The van der Waals surface area contributed by atoms with Gasteiger partial charge in [0.15, 0.2) is 0 Å². The molecule has 0 bridgehead atoms. The fourth-order valence-electron chi connectivity index (χ4n) is 3.26. The molecule has 0 aliphatic carbocycles. The SMILES string of the molecule is COc1cc(N2Cc3ccnn3[C@@H](C(=O)N3CCOCC3)C2)ncn1. The number of hydrogen-bond donors (Lipinski definition) is 0. The number of amides is 1. The van der Waals surface area contributed by atoms with Crippen LogP contribution in [0.3, 0.4) is 0 Å². The second-order valence-corrected chi connectivity index (χ2v) is 6.02. The molecule has 132 valence electrons. The first-order valence-electron chi connectivity index (χ1n) is 8.26. The van der Waals surface area contributed by atoms with Gasteiger partial charge in [-0.1, -0.05) is 0 Å². The van der Waals surface area contributed by atoms with Crippen LogP contribution in [0.1, 0.15) is 11.7 Å². The maximum atomic E-state index is 13.0. The van der Waals surface area contributed by atoms with E-state index in [1.54, 1.807) is 19.4 Å². The van der Waals surface area contributed by atoms with Gasteiger partial charge in [0.25, 0.3) is 0 Å². The molecule has 4 heterocycles. The molecule has 0 radical (unpaired) electrons. The molecular formula is C16H20N6O3. The quantitative estimate of drug-likeness (QED) is 0.781. The summed E-state index contributed by atoms with van der Waals surface area (Å²) >= 11 is 0. The zero-order valence-corrected chi connectivity index (χ0v) is 14.0. The van der Waals surface area contributed by atoms with Gasteiger partial charge in [0.05, 0.1) is 39.1 Å². The van der Waals surface area contributed by atoms with Gasteiger partial charge in [-0.25, -0.2) is 9.97 Å². The number of carbonyl (C=O) groups excluding carboxylic acids is 1. The number of carbonyl (C=O) groups is 1. The van der Waals surface area contributed by atoms with E-state index in [9.17, 15) is 4.79 Å². The highest BCUT2D eigenvalue weighted by Gasteiger charge is 2.34. The number of anilines is 1. The smallest absolute Gasteiger partial charge is 0.249 e. The normalized spacial score (nSPS) is 20.3. The summed E-state index contributed by atoms with van der Waals surface area (Å²) in [5.74, 6) is 1.30. The Morgan fingerprint density at radius 3 is 2.96 bits per heavy atom. The molecule has 2 aliphatic heterocycles. The van der Waals surface area contributed by atoms with Crippen LogP contribution in [0.15, 0.2) is 24.7 Å². The molecule has 0 N–H and O–H groups in total. The third-order valence-electron chi connectivity index (χ3n) is 4.56. The van der Waals surface area contributed by atoms with Crippen molar-refractivity contribution in [1.29, 1.82) is 0 Å². The molecule has 1 amide bonds. The Bertz CT molecular complexity index is 758. The number of rotatable bonds is 3. The molecule has 1 atom stereocenters. The number of aromatic nitrogens is 4. The van der Waals surface area contributed by atoms with E-state index in [0.29, 0.717) is 45.3 Å². The minimum Gasteiger partial charge on any atom is -0.481 e. The standard InChI is InChI=1S/C16H20N6O3/c1-24-15-8-14(17-11-18-15)21-9-12-2-3-19-22(12)13(10-21)16(23)20-4-6-25-7-5-20/h2-3,8,11,13H,4-7,9-10H2,1H3/t13-/m1/s1. The van der Waals surface area contributed by atoms with Crippen molar-refractivity contribution in [3.8, 4) is 5.88 Å². The van der Waals surface area contributed by atoms with Gasteiger partial charge in [-0.2, -0.15) is 5.10 Å². The molecule has 2 aromatic heterocycles. The van der Waals surface area contributed by atoms with Crippen molar-refractivity contribution in [3.05, 3.63) is 30.4 Å². The lowest BCUT2D eigenvalue weighted by Gasteiger charge is -2.37. The summed E-state index contributed by atoms with van der Waals surface area (Å²) in [4.78, 5) is 25.3. The van der Waals surface area contributed by atoms with Crippen LogP contribution in [0.4, 0.5) is 5.82 Å². The number of methoxy groups -OCH3 is 1. The summed E-state index contributed by atoms with van der Waals surface area (Å²) in [7, 11) is 1.57. The molecule has 1 fully saturated rings. The Morgan fingerprint density at radius 1 is 1.32 bits per heavy atom. The predicted molar refractivity (Wildman–Crippen MR) is 88.3 cm³/mol. The summed E-state index contributed by atoms with van der Waals surface area (Å²) in [5.41, 5.74) is 0.982. The van der Waals surface area contributed by atoms with Crippen LogP contribution < -0.4 is 9.64 Å². The van der Waals surface area contributed by atoms with Crippen molar-refractivity contribution in [3.63, 3.8) is 0 Å². The van der Waals surface area contributed by atoms with E-state index >= 15 is 0 Å². The van der Waals surface area contributed by atoms with Crippen molar-refractivity contribution in [2.45, 2.75) is 12.6 Å². The van der Waals surface area contributed by atoms with Crippen LogP contribution in [-0.2, 0) is 16.1 Å². The monoisotopic (exact) mass is 344 g/mol. The van der Waals surface area contributed by atoms with E-state index in [0.717, 1.165) is 11.5 Å². The fourth-order valence-corrected chi connectivity index (χ4v) is 3.26. The Balaban J connectivity index is 1.62. The summed E-state index contributed by atoms with van der Waals surface area (Å²) in [6.07, 6.45) is 3.21. The van der Waals surface area contributed by atoms with Gasteiger partial charge in [0, 0.05) is 25.4 Å². The Morgan fingerprint density at radius 2 is 2.16 bits per heavy atom. The highest BCUT2D eigenvalue weighted by atomic mass is 16.5. The van der Waals surface area contributed by atoms with Crippen LogP contribution in [0, 0.1) is 0 Å². The fraction of sp³-hybridized carbons (Fsp3) is 0.500. The molecule has 0 saturated carbocycles. The minimum atomic E-state index is -0.377. The van der Waals surface area contributed by atoms with Gasteiger partial charge in [-0.3, -0.25) is 9.48 Å². The summed E-state index contributed by atoms with van der Waals surface area (Å²) in [6, 6.07) is 3.34. The number of fused-ring (bicyclic) bond motifs is 1. The van der Waals surface area contributed by atoms with Crippen LogP contribution in [0.2, 0.25) is 0 Å². The average Bonchev–Trinajstić information content (AvgIpc) is 3.16. The zero-order chi connectivity index (χ0) is 17.2. The van der Waals surface area contributed by atoms with E-state index < -0.39 is 0 Å². The van der Waals surface area contributed by atoms with Gasteiger partial charge in [-0.05, 0) is 6.07 Å². The largest absolute Gasteiger partial charge is 0.481 e. The van der Waals surface area contributed by atoms with Crippen LogP contribution in [0.25, 0.3) is 0 Å². The van der Waals surface area contributed by atoms with Crippen LogP contribution >= 0.6 is 0 Å². The van der Waals surface area contributed by atoms with E-state index in [4.69, 9.17) is 9.47 Å². The molecule has 25 heavy (non-hydrogen) atoms. The van der Waals surface area contributed by atoms with E-state index in [2.05, 4.69) is 20.0 Å². The van der Waals surface area contributed by atoms with Gasteiger partial charge < -0.3 is 19.3 Å². The molecule has 0 unspecified atom stereocenters. The molecule has 2 aliphatic rings. The van der Waals surface area contributed by atoms with Gasteiger partial charge in [0.2, 0.25) is 11.8 Å². The molecule has 4 rings (SSSR count). The predicted octanol–water partition coefficient (Wildman–Crippen LogP) is 0.102. The number of ether oxygens (including phenoxy) is 2. The molecule has 1 saturated heterocycles. The van der Waals surface area contributed by atoms with E-state index in [1.807, 2.05) is 15.6 Å². The summed E-state index contributed by atoms with van der Waals surface area (Å²) in [5, 5.41) is 4.37. The van der Waals surface area contributed by atoms with Crippen LogP contribution in [0.5, 0.6) is 5.88 Å². The van der Waals surface area contributed by atoms with Gasteiger partial charge >= 0.3 is 0 Å². The summed E-state index contributed by atoms with van der Waals surface area (Å²) in [6.45, 7) is 3.53. The second kappa shape index (κ2) is 6.67. The Kier molecular flexibility index (Phi) is 4.22. The first-order chi connectivity index (χ1) is 12.3. The number of nitrogens with zero attached hydrogens (tertiary/aromatic N) is 6. The molecule has 9 heteroatoms. The van der Waals surface area contributed by atoms with Gasteiger partial charge in [-0.15, -0.1) is 0 Å². The highest BCUT2D eigenvalue weighted by Crippen LogP contribution is 2.27. The van der Waals surface area contributed by atoms with Crippen molar-refractivity contribution >= 4 is 11.7 Å². The maximum absolute atomic E-state index is 13.0. The third kappa shape index (κ3) is 3.02. The molecule has 0 spiro atoms. The zero-order valence-electron chi connectivity index (χ0n) is 14.0. The second-order valence-electron chi connectivity index (χ2n) is 6.02. The van der Waals surface area contributed by atoms with Crippen molar-refractivity contribution < 1.29 is 14.3 Å². The Hall–Kier alpha value is -2.68.